The minimum Gasteiger partial charge on any atom is -0.122 e. The van der Waals surface area contributed by atoms with Gasteiger partial charge in [0.05, 0.1) is 0 Å². The Bertz CT molecular complexity index is 538. The fraction of sp³-hybridized carbons (Fsp3) is 0.294. The SMILES string of the molecule is CC(C)CC1(P)c2ccccc2-c2ccccc21. The van der Waals surface area contributed by atoms with Crippen molar-refractivity contribution in [1.82, 2.24) is 0 Å². The monoisotopic (exact) mass is 254 g/mol. The highest BCUT2D eigenvalue weighted by Crippen LogP contribution is 2.55. The van der Waals surface area contributed by atoms with E-state index in [9.17, 15) is 0 Å². The van der Waals surface area contributed by atoms with Crippen molar-refractivity contribution in [3.8, 4) is 11.1 Å². The predicted molar refractivity (Wildman–Crippen MR) is 81.8 cm³/mol. The van der Waals surface area contributed by atoms with Crippen LogP contribution in [0.15, 0.2) is 48.5 Å². The molecule has 0 saturated carbocycles. The molecule has 2 aromatic rings. The Morgan fingerprint density at radius 1 is 0.889 bits per heavy atom. The third kappa shape index (κ3) is 1.63. The second kappa shape index (κ2) is 4.21. The van der Waals surface area contributed by atoms with Crippen molar-refractivity contribution >= 4 is 9.24 Å². The fourth-order valence-corrected chi connectivity index (χ4v) is 4.20. The van der Waals surface area contributed by atoms with Crippen molar-refractivity contribution in [2.24, 2.45) is 5.92 Å². The summed E-state index contributed by atoms with van der Waals surface area (Å²) in [5.74, 6) is 0.682. The standard InChI is InChI=1S/C17H19P/c1-12(2)11-17(18)15-9-5-3-7-13(15)14-8-4-6-10-16(14)17/h3-10,12H,11,18H2,1-2H3. The summed E-state index contributed by atoms with van der Waals surface area (Å²) in [5, 5.41) is 0.0986. The highest BCUT2D eigenvalue weighted by Gasteiger charge is 2.39. The van der Waals surface area contributed by atoms with Gasteiger partial charge in [-0.2, -0.15) is 0 Å². The molecule has 1 atom stereocenters. The van der Waals surface area contributed by atoms with Crippen LogP contribution in [0.4, 0.5) is 0 Å². The summed E-state index contributed by atoms with van der Waals surface area (Å²) in [5.41, 5.74) is 5.74. The average molecular weight is 254 g/mol. The van der Waals surface area contributed by atoms with Crippen LogP contribution < -0.4 is 0 Å². The van der Waals surface area contributed by atoms with E-state index in [0.717, 1.165) is 0 Å². The predicted octanol–water partition coefficient (Wildman–Crippen LogP) is 4.83. The molecule has 0 bridgehead atoms. The molecule has 3 rings (SSSR count). The first-order valence-electron chi connectivity index (χ1n) is 6.61. The molecule has 0 fully saturated rings. The van der Waals surface area contributed by atoms with Crippen molar-refractivity contribution < 1.29 is 0 Å². The summed E-state index contributed by atoms with van der Waals surface area (Å²) < 4.78 is 0. The Balaban J connectivity index is 2.27. The van der Waals surface area contributed by atoms with Crippen LogP contribution in [0.3, 0.4) is 0 Å². The van der Waals surface area contributed by atoms with Gasteiger partial charge in [0.25, 0.3) is 0 Å². The average Bonchev–Trinajstić information content (AvgIpc) is 2.61. The Morgan fingerprint density at radius 2 is 1.33 bits per heavy atom. The zero-order valence-electron chi connectivity index (χ0n) is 11.0. The summed E-state index contributed by atoms with van der Waals surface area (Å²) in [6.07, 6.45) is 1.17. The lowest BCUT2D eigenvalue weighted by Gasteiger charge is -2.29. The minimum atomic E-state index is 0.0986. The Kier molecular flexibility index (Phi) is 2.79. The number of fused-ring (bicyclic) bond motifs is 3. The Hall–Kier alpha value is -1.13. The summed E-state index contributed by atoms with van der Waals surface area (Å²) in [4.78, 5) is 0. The second-order valence-corrected chi connectivity index (χ2v) is 6.65. The molecule has 92 valence electrons. The molecule has 2 aromatic carbocycles. The molecule has 0 radical (unpaired) electrons. The van der Waals surface area contributed by atoms with E-state index in [0.29, 0.717) is 5.92 Å². The van der Waals surface area contributed by atoms with E-state index < -0.39 is 0 Å². The van der Waals surface area contributed by atoms with Crippen molar-refractivity contribution in [3.63, 3.8) is 0 Å². The molecule has 0 saturated heterocycles. The van der Waals surface area contributed by atoms with Crippen LogP contribution in [0, 0.1) is 5.92 Å². The molecular formula is C17H19P. The van der Waals surface area contributed by atoms with E-state index >= 15 is 0 Å². The zero-order valence-corrected chi connectivity index (χ0v) is 12.1. The van der Waals surface area contributed by atoms with E-state index in [1.807, 2.05) is 0 Å². The van der Waals surface area contributed by atoms with Gasteiger partial charge in [0, 0.05) is 5.16 Å². The van der Waals surface area contributed by atoms with Gasteiger partial charge < -0.3 is 0 Å². The van der Waals surface area contributed by atoms with Gasteiger partial charge in [0.2, 0.25) is 0 Å². The van der Waals surface area contributed by atoms with Crippen LogP contribution in [-0.4, -0.2) is 0 Å². The third-order valence-corrected chi connectivity index (χ3v) is 4.69. The van der Waals surface area contributed by atoms with E-state index in [-0.39, 0.29) is 5.16 Å². The van der Waals surface area contributed by atoms with Crippen molar-refractivity contribution in [1.29, 1.82) is 0 Å². The third-order valence-electron chi connectivity index (χ3n) is 3.84. The highest BCUT2D eigenvalue weighted by atomic mass is 31.0. The molecular weight excluding hydrogens is 235 g/mol. The maximum Gasteiger partial charge on any atom is 0.0359 e. The fourth-order valence-electron chi connectivity index (χ4n) is 3.22. The van der Waals surface area contributed by atoms with E-state index in [1.165, 1.54) is 28.7 Å². The van der Waals surface area contributed by atoms with Crippen LogP contribution in [-0.2, 0) is 5.16 Å². The molecule has 0 heterocycles. The van der Waals surface area contributed by atoms with Crippen LogP contribution in [0.1, 0.15) is 31.4 Å². The molecule has 0 spiro atoms. The summed E-state index contributed by atoms with van der Waals surface area (Å²) in [7, 11) is 3.13. The Labute approximate surface area is 112 Å². The number of hydrogen-bond donors (Lipinski definition) is 0. The maximum atomic E-state index is 3.13. The molecule has 1 heteroatoms. The summed E-state index contributed by atoms with van der Waals surface area (Å²) in [6.45, 7) is 4.60. The van der Waals surface area contributed by atoms with E-state index in [4.69, 9.17) is 0 Å². The Morgan fingerprint density at radius 3 is 1.78 bits per heavy atom. The quantitative estimate of drug-likeness (QED) is 0.673. The number of rotatable bonds is 2. The van der Waals surface area contributed by atoms with Crippen molar-refractivity contribution in [3.05, 3.63) is 59.7 Å². The first kappa shape index (κ1) is 11.9. The van der Waals surface area contributed by atoms with Gasteiger partial charge in [-0.3, -0.25) is 0 Å². The highest BCUT2D eigenvalue weighted by molar-refractivity contribution is 7.19. The van der Waals surface area contributed by atoms with Crippen LogP contribution in [0.2, 0.25) is 0 Å². The van der Waals surface area contributed by atoms with Gasteiger partial charge in [0.1, 0.15) is 0 Å². The molecule has 0 amide bonds. The lowest BCUT2D eigenvalue weighted by atomic mass is 9.87. The van der Waals surface area contributed by atoms with Gasteiger partial charge in [0.15, 0.2) is 0 Å². The summed E-state index contributed by atoms with van der Waals surface area (Å²) in [6, 6.07) is 17.7. The van der Waals surface area contributed by atoms with Crippen molar-refractivity contribution in [2.45, 2.75) is 25.4 Å². The molecule has 1 unspecified atom stereocenters. The van der Waals surface area contributed by atoms with Crippen LogP contribution >= 0.6 is 9.24 Å². The molecule has 1 aliphatic carbocycles. The lowest BCUT2D eigenvalue weighted by molar-refractivity contribution is 0.517. The lowest BCUT2D eigenvalue weighted by Crippen LogP contribution is -2.19. The largest absolute Gasteiger partial charge is 0.122 e. The van der Waals surface area contributed by atoms with Gasteiger partial charge in [-0.15, -0.1) is 9.24 Å². The molecule has 18 heavy (non-hydrogen) atoms. The zero-order chi connectivity index (χ0) is 12.8. The molecule has 0 aliphatic heterocycles. The van der Waals surface area contributed by atoms with Gasteiger partial charge in [-0.05, 0) is 34.6 Å². The number of hydrogen-bond acceptors (Lipinski definition) is 0. The number of benzene rings is 2. The van der Waals surface area contributed by atoms with Crippen LogP contribution in [0.25, 0.3) is 11.1 Å². The smallest absolute Gasteiger partial charge is 0.0359 e. The van der Waals surface area contributed by atoms with Crippen molar-refractivity contribution in [2.75, 3.05) is 0 Å². The van der Waals surface area contributed by atoms with E-state index in [2.05, 4.69) is 71.6 Å². The normalized spacial score (nSPS) is 15.6. The van der Waals surface area contributed by atoms with Crippen LogP contribution in [0.5, 0.6) is 0 Å². The molecule has 1 aliphatic rings. The topological polar surface area (TPSA) is 0 Å². The molecule has 0 nitrogen and oxygen atoms in total. The second-order valence-electron chi connectivity index (χ2n) is 5.66. The summed E-state index contributed by atoms with van der Waals surface area (Å²) >= 11 is 0. The molecule has 0 aromatic heterocycles. The van der Waals surface area contributed by atoms with Gasteiger partial charge >= 0.3 is 0 Å². The first-order chi connectivity index (χ1) is 8.63. The maximum absolute atomic E-state index is 3.13. The van der Waals surface area contributed by atoms with Gasteiger partial charge in [-0.1, -0.05) is 62.4 Å². The first-order valence-corrected chi connectivity index (χ1v) is 7.19. The minimum absolute atomic E-state index is 0.0986. The molecule has 0 N–H and O–H groups in total. The van der Waals surface area contributed by atoms with E-state index in [1.54, 1.807) is 0 Å². The van der Waals surface area contributed by atoms with Gasteiger partial charge in [-0.25, -0.2) is 0 Å².